The van der Waals surface area contributed by atoms with Crippen LogP contribution < -0.4 is 14.8 Å². The second-order valence-corrected chi connectivity index (χ2v) is 5.62. The van der Waals surface area contributed by atoms with Crippen molar-refractivity contribution >= 4 is 34.0 Å². The lowest BCUT2D eigenvalue weighted by Gasteiger charge is -2.12. The fourth-order valence-electron chi connectivity index (χ4n) is 1.96. The number of halogens is 1. The number of hydrogen-bond acceptors (Lipinski definition) is 5. The molecule has 0 aliphatic heterocycles. The fraction of sp³-hybridized carbons (Fsp3) is 0.200. The average Bonchev–Trinajstić information content (AvgIpc) is 2.52. The van der Waals surface area contributed by atoms with Crippen LogP contribution in [-0.4, -0.2) is 19.1 Å². The monoisotopic (exact) mass is 414 g/mol. The van der Waals surface area contributed by atoms with Crippen LogP contribution in [0.15, 0.2) is 36.4 Å². The first kappa shape index (κ1) is 16.3. The number of rotatable bonds is 6. The maximum atomic E-state index is 10.8. The van der Waals surface area contributed by atoms with Gasteiger partial charge in [0.05, 0.1) is 22.7 Å². The topological polar surface area (TPSA) is 73.6 Å². The Morgan fingerprint density at radius 3 is 2.55 bits per heavy atom. The largest absolute Gasteiger partial charge is 0.497 e. The zero-order chi connectivity index (χ0) is 16.1. The molecule has 0 aliphatic rings. The molecular formula is C15H15IN2O4. The molecule has 0 fully saturated rings. The van der Waals surface area contributed by atoms with Crippen molar-refractivity contribution in [3.05, 3.63) is 55.6 Å². The molecule has 0 amide bonds. The molecule has 2 rings (SSSR count). The van der Waals surface area contributed by atoms with E-state index in [1.807, 2.05) is 40.8 Å². The lowest BCUT2D eigenvalue weighted by molar-refractivity contribution is -0.385. The van der Waals surface area contributed by atoms with Crippen LogP contribution in [0.3, 0.4) is 0 Å². The third-order valence-electron chi connectivity index (χ3n) is 3.12. The van der Waals surface area contributed by atoms with Gasteiger partial charge in [0.15, 0.2) is 0 Å². The van der Waals surface area contributed by atoms with Crippen molar-refractivity contribution in [1.82, 2.24) is 0 Å². The van der Waals surface area contributed by atoms with Gasteiger partial charge in [0, 0.05) is 29.9 Å². The van der Waals surface area contributed by atoms with Gasteiger partial charge in [-0.3, -0.25) is 10.1 Å². The molecule has 0 saturated carbocycles. The summed E-state index contributed by atoms with van der Waals surface area (Å²) in [6.07, 6.45) is 0. The highest BCUT2D eigenvalue weighted by Crippen LogP contribution is 2.27. The summed E-state index contributed by atoms with van der Waals surface area (Å²) in [6.45, 7) is 0.543. The third kappa shape index (κ3) is 3.79. The van der Waals surface area contributed by atoms with Crippen LogP contribution in [0.4, 0.5) is 11.4 Å². The van der Waals surface area contributed by atoms with Crippen molar-refractivity contribution in [1.29, 1.82) is 0 Å². The van der Waals surface area contributed by atoms with Gasteiger partial charge in [-0.05, 0) is 46.9 Å². The van der Waals surface area contributed by atoms with Gasteiger partial charge in [0.2, 0.25) is 0 Å². The molecule has 0 bridgehead atoms. The molecule has 0 aliphatic carbocycles. The van der Waals surface area contributed by atoms with Crippen LogP contribution in [0, 0.1) is 13.7 Å². The summed E-state index contributed by atoms with van der Waals surface area (Å²) in [7, 11) is 3.21. The highest BCUT2D eigenvalue weighted by Gasteiger charge is 2.12. The van der Waals surface area contributed by atoms with Gasteiger partial charge < -0.3 is 14.8 Å². The molecule has 7 heteroatoms. The Labute approximate surface area is 141 Å². The van der Waals surface area contributed by atoms with Crippen molar-refractivity contribution < 1.29 is 14.4 Å². The van der Waals surface area contributed by atoms with Crippen molar-refractivity contribution in [2.75, 3.05) is 19.5 Å². The van der Waals surface area contributed by atoms with E-state index in [9.17, 15) is 10.1 Å². The van der Waals surface area contributed by atoms with Crippen molar-refractivity contribution in [3.8, 4) is 11.5 Å². The van der Waals surface area contributed by atoms with Gasteiger partial charge in [-0.1, -0.05) is 0 Å². The summed E-state index contributed by atoms with van der Waals surface area (Å²) in [4.78, 5) is 10.4. The molecule has 0 heterocycles. The molecule has 6 nitrogen and oxygen atoms in total. The van der Waals surface area contributed by atoms with Crippen molar-refractivity contribution in [2.45, 2.75) is 6.54 Å². The van der Waals surface area contributed by atoms with E-state index in [1.54, 1.807) is 26.4 Å². The van der Waals surface area contributed by atoms with Crippen LogP contribution >= 0.6 is 22.6 Å². The highest BCUT2D eigenvalue weighted by molar-refractivity contribution is 14.1. The van der Waals surface area contributed by atoms with Gasteiger partial charge >= 0.3 is 0 Å². The Hall–Kier alpha value is -2.03. The minimum absolute atomic E-state index is 0.105. The summed E-state index contributed by atoms with van der Waals surface area (Å²) in [5.74, 6) is 1.45. The maximum Gasteiger partial charge on any atom is 0.282 e. The zero-order valence-electron chi connectivity index (χ0n) is 12.1. The Kier molecular flexibility index (Phi) is 5.42. The van der Waals surface area contributed by atoms with Crippen molar-refractivity contribution in [2.24, 2.45) is 0 Å². The smallest absolute Gasteiger partial charge is 0.282 e. The number of anilines is 1. The van der Waals surface area contributed by atoms with Crippen LogP contribution in [-0.2, 0) is 6.54 Å². The lowest BCUT2D eigenvalue weighted by Crippen LogP contribution is -2.03. The number of nitro benzene ring substituents is 1. The van der Waals surface area contributed by atoms with Gasteiger partial charge in [0.25, 0.3) is 5.69 Å². The first-order valence-corrected chi connectivity index (χ1v) is 7.51. The van der Waals surface area contributed by atoms with E-state index in [-0.39, 0.29) is 5.69 Å². The molecule has 0 spiro atoms. The van der Waals surface area contributed by atoms with Gasteiger partial charge in [0.1, 0.15) is 11.5 Å². The number of methoxy groups -OCH3 is 2. The van der Waals surface area contributed by atoms with Gasteiger partial charge in [-0.15, -0.1) is 0 Å². The lowest BCUT2D eigenvalue weighted by atomic mass is 10.2. The van der Waals surface area contributed by atoms with Crippen LogP contribution in [0.2, 0.25) is 0 Å². The second-order valence-electron chi connectivity index (χ2n) is 4.45. The first-order chi connectivity index (χ1) is 10.5. The molecular weight excluding hydrogens is 399 g/mol. The summed E-state index contributed by atoms with van der Waals surface area (Å²) >= 11 is 1.96. The molecule has 0 aromatic heterocycles. The van der Waals surface area contributed by atoms with Crippen LogP contribution in [0.1, 0.15) is 5.56 Å². The predicted molar refractivity (Wildman–Crippen MR) is 92.7 cm³/mol. The summed E-state index contributed by atoms with van der Waals surface area (Å²) in [6, 6.07) is 10.5. The van der Waals surface area contributed by atoms with Gasteiger partial charge in [-0.2, -0.15) is 0 Å². The molecule has 116 valence electrons. The quantitative estimate of drug-likeness (QED) is 0.442. The standard InChI is InChI=1S/C15H15IN2O4/c1-21-12-5-3-10(15(8-12)22-2)9-17-11-4-6-14(18(19)20)13(16)7-11/h3-8,17H,9H2,1-2H3. The number of nitrogens with zero attached hydrogens (tertiary/aromatic N) is 1. The third-order valence-corrected chi connectivity index (χ3v) is 3.99. The molecule has 0 radical (unpaired) electrons. The summed E-state index contributed by atoms with van der Waals surface area (Å²) < 4.78 is 11.1. The molecule has 2 aromatic carbocycles. The fourth-order valence-corrected chi connectivity index (χ4v) is 2.67. The number of nitrogens with one attached hydrogen (secondary N) is 1. The number of nitro groups is 1. The van der Waals surface area contributed by atoms with Gasteiger partial charge in [-0.25, -0.2) is 0 Å². The summed E-state index contributed by atoms with van der Waals surface area (Å²) in [5, 5.41) is 14.0. The SMILES string of the molecule is COc1ccc(CNc2ccc([N+](=O)[O-])c(I)c2)c(OC)c1. The Balaban J connectivity index is 2.13. The second kappa shape index (κ2) is 7.30. The normalized spacial score (nSPS) is 10.1. The molecule has 1 N–H and O–H groups in total. The maximum absolute atomic E-state index is 10.8. The van der Waals surface area contributed by atoms with E-state index < -0.39 is 4.92 Å². The minimum Gasteiger partial charge on any atom is -0.497 e. The minimum atomic E-state index is -0.391. The predicted octanol–water partition coefficient (Wildman–Crippen LogP) is 3.83. The molecule has 0 atom stereocenters. The summed E-state index contributed by atoms with van der Waals surface area (Å²) in [5.41, 5.74) is 1.89. The van der Waals surface area contributed by atoms with E-state index in [0.717, 1.165) is 22.7 Å². The van der Waals surface area contributed by atoms with Crippen molar-refractivity contribution in [3.63, 3.8) is 0 Å². The highest BCUT2D eigenvalue weighted by atomic mass is 127. The Morgan fingerprint density at radius 1 is 1.18 bits per heavy atom. The number of hydrogen-bond donors (Lipinski definition) is 1. The average molecular weight is 414 g/mol. The van der Waals surface area contributed by atoms with E-state index in [1.165, 1.54) is 6.07 Å². The number of benzene rings is 2. The van der Waals surface area contributed by atoms with E-state index in [0.29, 0.717) is 10.1 Å². The molecule has 2 aromatic rings. The Morgan fingerprint density at radius 2 is 1.95 bits per heavy atom. The zero-order valence-corrected chi connectivity index (χ0v) is 14.3. The van der Waals surface area contributed by atoms with E-state index >= 15 is 0 Å². The van der Waals surface area contributed by atoms with Crippen LogP contribution in [0.25, 0.3) is 0 Å². The van der Waals surface area contributed by atoms with E-state index in [4.69, 9.17) is 9.47 Å². The van der Waals surface area contributed by atoms with Crippen LogP contribution in [0.5, 0.6) is 11.5 Å². The first-order valence-electron chi connectivity index (χ1n) is 6.44. The number of ether oxygens (including phenoxy) is 2. The Bertz CT molecular complexity index is 691. The molecule has 0 unspecified atom stereocenters. The molecule has 22 heavy (non-hydrogen) atoms. The van der Waals surface area contributed by atoms with E-state index in [2.05, 4.69) is 5.32 Å². The molecule has 0 saturated heterocycles.